The molecule has 18 nitrogen and oxygen atoms in total. The number of methoxy groups -OCH3 is 1. The molecule has 0 amide bonds. The van der Waals surface area contributed by atoms with E-state index in [1.807, 2.05) is 0 Å². The van der Waals surface area contributed by atoms with Crippen molar-refractivity contribution < 1.29 is 84.3 Å². The summed E-state index contributed by atoms with van der Waals surface area (Å²) in [5, 5.41) is 114. The zero-order chi connectivity index (χ0) is 33.8. The molecule has 0 bridgehead atoms. The maximum absolute atomic E-state index is 13.1. The molecule has 10 atom stereocenters. The Hall–Kier alpha value is -4.11. The third-order valence-electron chi connectivity index (χ3n) is 7.76. The first-order valence-corrected chi connectivity index (χ1v) is 13.7. The number of aromatic hydroxyl groups is 5. The molecule has 5 rings (SSSR count). The quantitative estimate of drug-likeness (QED) is 0.123. The average Bonchev–Trinajstić information content (AvgIpc) is 3.03. The molecule has 2 saturated heterocycles. The van der Waals surface area contributed by atoms with E-state index in [0.717, 1.165) is 18.2 Å². The van der Waals surface area contributed by atoms with Gasteiger partial charge in [-0.3, -0.25) is 4.79 Å². The van der Waals surface area contributed by atoms with Gasteiger partial charge in [-0.2, -0.15) is 0 Å². The lowest BCUT2D eigenvalue weighted by Crippen LogP contribution is -2.64. The fourth-order valence-corrected chi connectivity index (χ4v) is 5.16. The third kappa shape index (κ3) is 5.59. The Bertz CT molecular complexity index is 1660. The smallest absolute Gasteiger partial charge is 0.235 e. The summed E-state index contributed by atoms with van der Waals surface area (Å²) in [5.74, 6) is -6.05. The van der Waals surface area contributed by atoms with E-state index in [1.165, 1.54) is 14.0 Å². The minimum Gasteiger partial charge on any atom is -0.504 e. The van der Waals surface area contributed by atoms with Crippen molar-refractivity contribution in [2.45, 2.75) is 68.3 Å². The Labute approximate surface area is 257 Å². The molecular weight excluding hydrogens is 624 g/mol. The SMILES string of the molecule is COc1cc(-c2oc3c(O)c(OC4OC(CO)C(O)C(O)C4OC4OC(C)C(O)C(O)C4O)c(O)cc3c(=O)c2O)cc(O)c1O. The summed E-state index contributed by atoms with van der Waals surface area (Å²) >= 11 is 0. The highest BCUT2D eigenvalue weighted by Gasteiger charge is 2.51. The van der Waals surface area contributed by atoms with Crippen LogP contribution in [0.4, 0.5) is 0 Å². The zero-order valence-electron chi connectivity index (χ0n) is 24.0. The molecule has 252 valence electrons. The summed E-state index contributed by atoms with van der Waals surface area (Å²) in [5.41, 5.74) is -1.99. The molecule has 0 spiro atoms. The maximum atomic E-state index is 13.1. The molecule has 0 saturated carbocycles. The minimum absolute atomic E-state index is 0.182. The molecule has 10 unspecified atom stereocenters. The first-order valence-electron chi connectivity index (χ1n) is 13.7. The highest BCUT2D eigenvalue weighted by molar-refractivity contribution is 5.90. The Morgan fingerprint density at radius 3 is 2.13 bits per heavy atom. The van der Waals surface area contributed by atoms with Crippen LogP contribution in [0.2, 0.25) is 0 Å². The first kappa shape index (κ1) is 33.3. The van der Waals surface area contributed by atoms with Crippen LogP contribution in [0.5, 0.6) is 40.2 Å². The van der Waals surface area contributed by atoms with E-state index in [1.54, 1.807) is 0 Å². The number of hydrogen-bond acceptors (Lipinski definition) is 18. The minimum atomic E-state index is -1.94. The summed E-state index contributed by atoms with van der Waals surface area (Å²) in [6, 6.07) is 2.79. The molecule has 2 aromatic carbocycles. The molecule has 46 heavy (non-hydrogen) atoms. The second kappa shape index (κ2) is 12.6. The Morgan fingerprint density at radius 2 is 1.48 bits per heavy atom. The maximum Gasteiger partial charge on any atom is 0.235 e. The number of phenolic OH excluding ortho intramolecular Hbond substituents is 4. The van der Waals surface area contributed by atoms with Crippen LogP contribution >= 0.6 is 0 Å². The summed E-state index contributed by atoms with van der Waals surface area (Å²) in [6.07, 6.45) is -16.9. The lowest BCUT2D eigenvalue weighted by Gasteiger charge is -2.45. The summed E-state index contributed by atoms with van der Waals surface area (Å²) < 4.78 is 32.7. The van der Waals surface area contributed by atoms with Crippen molar-refractivity contribution in [3.05, 3.63) is 28.4 Å². The molecule has 18 heteroatoms. The van der Waals surface area contributed by atoms with E-state index in [9.17, 15) is 61.0 Å². The fourth-order valence-electron chi connectivity index (χ4n) is 5.16. The van der Waals surface area contributed by atoms with Crippen LogP contribution in [0.1, 0.15) is 6.92 Å². The van der Waals surface area contributed by atoms with Crippen molar-refractivity contribution in [1.29, 1.82) is 0 Å². The van der Waals surface area contributed by atoms with Crippen LogP contribution in [0, 0.1) is 0 Å². The van der Waals surface area contributed by atoms with Gasteiger partial charge in [-0.15, -0.1) is 0 Å². The highest BCUT2D eigenvalue weighted by Crippen LogP contribution is 2.47. The van der Waals surface area contributed by atoms with E-state index in [4.69, 9.17) is 28.1 Å². The van der Waals surface area contributed by atoms with Crippen molar-refractivity contribution >= 4 is 11.0 Å². The van der Waals surface area contributed by atoms with Crippen molar-refractivity contribution in [3.8, 4) is 51.6 Å². The van der Waals surface area contributed by atoms with Gasteiger partial charge in [0.2, 0.25) is 34.7 Å². The lowest BCUT2D eigenvalue weighted by molar-refractivity contribution is -0.354. The van der Waals surface area contributed by atoms with Crippen molar-refractivity contribution in [1.82, 2.24) is 0 Å². The van der Waals surface area contributed by atoms with Crippen molar-refractivity contribution in [2.75, 3.05) is 13.7 Å². The van der Waals surface area contributed by atoms with Gasteiger partial charge < -0.3 is 84.3 Å². The van der Waals surface area contributed by atoms with Crippen molar-refractivity contribution in [3.63, 3.8) is 0 Å². The summed E-state index contributed by atoms with van der Waals surface area (Å²) in [6.45, 7) is 0.501. The summed E-state index contributed by atoms with van der Waals surface area (Å²) in [7, 11) is 1.17. The van der Waals surface area contributed by atoms with Crippen molar-refractivity contribution in [2.24, 2.45) is 0 Å². The van der Waals surface area contributed by atoms with Gasteiger partial charge in [-0.25, -0.2) is 0 Å². The zero-order valence-corrected chi connectivity index (χ0v) is 24.0. The van der Waals surface area contributed by atoms with E-state index in [0.29, 0.717) is 0 Å². The number of benzene rings is 2. The van der Waals surface area contributed by atoms with Crippen LogP contribution in [0.25, 0.3) is 22.3 Å². The highest BCUT2D eigenvalue weighted by atomic mass is 16.8. The Morgan fingerprint density at radius 1 is 0.783 bits per heavy atom. The molecule has 0 aliphatic carbocycles. The van der Waals surface area contributed by atoms with Gasteiger partial charge in [0.05, 0.1) is 25.2 Å². The number of fused-ring (bicyclic) bond motifs is 1. The van der Waals surface area contributed by atoms with Gasteiger partial charge in [-0.1, -0.05) is 0 Å². The molecule has 0 radical (unpaired) electrons. The van der Waals surface area contributed by atoms with E-state index < -0.39 is 125 Å². The van der Waals surface area contributed by atoms with Gasteiger partial charge in [0.25, 0.3) is 0 Å². The molecule has 2 fully saturated rings. The van der Waals surface area contributed by atoms with Crippen LogP contribution in [-0.4, -0.2) is 131 Å². The molecule has 2 aliphatic heterocycles. The van der Waals surface area contributed by atoms with Crippen LogP contribution in [0.15, 0.2) is 27.4 Å². The molecule has 2 aliphatic rings. The molecule has 3 aromatic rings. The van der Waals surface area contributed by atoms with E-state index >= 15 is 0 Å². The van der Waals surface area contributed by atoms with Gasteiger partial charge in [-0.05, 0) is 25.1 Å². The second-order valence-corrected chi connectivity index (χ2v) is 10.7. The van der Waals surface area contributed by atoms with Gasteiger partial charge >= 0.3 is 0 Å². The topological polar surface area (TPSA) is 299 Å². The number of phenols is 4. The van der Waals surface area contributed by atoms with Crippen LogP contribution in [0.3, 0.4) is 0 Å². The molecule has 3 heterocycles. The Kier molecular flexibility index (Phi) is 9.10. The predicted molar refractivity (Wildman–Crippen MR) is 148 cm³/mol. The van der Waals surface area contributed by atoms with E-state index in [2.05, 4.69) is 0 Å². The lowest BCUT2D eigenvalue weighted by atomic mass is 9.97. The number of ether oxygens (including phenoxy) is 5. The molecule has 1 aromatic heterocycles. The number of aliphatic hydroxyl groups excluding tert-OH is 6. The first-order chi connectivity index (χ1) is 21.7. The normalized spacial score (nSPS) is 31.6. The Balaban J connectivity index is 1.57. The fraction of sp³-hybridized carbons (Fsp3) is 0.464. The number of rotatable bonds is 7. The van der Waals surface area contributed by atoms with E-state index in [-0.39, 0.29) is 11.3 Å². The van der Waals surface area contributed by atoms with Gasteiger partial charge in [0, 0.05) is 5.56 Å². The second-order valence-electron chi connectivity index (χ2n) is 10.7. The predicted octanol–water partition coefficient (Wildman–Crippen LogP) is -1.97. The van der Waals surface area contributed by atoms with Gasteiger partial charge in [0.15, 0.2) is 41.0 Å². The average molecular weight is 657 g/mol. The molecule has 11 N–H and O–H groups in total. The summed E-state index contributed by atoms with van der Waals surface area (Å²) in [4.78, 5) is 13.1. The van der Waals surface area contributed by atoms with Crippen LogP contribution < -0.4 is 14.9 Å². The monoisotopic (exact) mass is 656 g/mol. The molecular formula is C28H32O18. The van der Waals surface area contributed by atoms with Crippen LogP contribution in [-0.2, 0) is 14.2 Å². The van der Waals surface area contributed by atoms with Gasteiger partial charge in [0.1, 0.15) is 36.6 Å². The standard InChI is InChI=1S/C28H32O18/c1-7-14(32)18(36)21(39)27(42-7)46-26-20(38)17(35)13(6-29)43-28(26)45-25-11(31)5-9-15(33)19(37)23(44-24(9)22(25)40)8-3-10(30)16(34)12(4-8)41-2/h3-5,7,13-14,17-18,20-21,26-32,34-40H,6H2,1-2H3. The third-order valence-corrected chi connectivity index (χ3v) is 7.76. The largest absolute Gasteiger partial charge is 0.504 e. The number of hydrogen-bond donors (Lipinski definition) is 11. The number of aliphatic hydroxyl groups is 6.